The van der Waals surface area contributed by atoms with E-state index in [1.54, 1.807) is 7.11 Å². The molecule has 3 N–H and O–H groups in total. The first-order valence-corrected chi connectivity index (χ1v) is 14.1. The number of anilines is 3. The molecule has 1 aromatic carbocycles. The standard InChI is InChI=1S/C29H43N5O2/c1-36-26-8-4-7-24(17-26)32-29-31-19-27(28(33-29)30-18-21-9-11-25(35)12-10-21)23-13-15-34(16-14-23)20-22-5-2-3-6-22/h4,7-8,17,19,21-23,25,35H,2-3,5-6,9-16,18,20H2,1H3,(H2,30,31,32,33). The largest absolute Gasteiger partial charge is 0.497 e. The molecule has 7 nitrogen and oxygen atoms in total. The van der Waals surface area contributed by atoms with Gasteiger partial charge in [-0.15, -0.1) is 0 Å². The van der Waals surface area contributed by atoms with Gasteiger partial charge in [0.15, 0.2) is 0 Å². The van der Waals surface area contributed by atoms with Crippen LogP contribution in [0.1, 0.15) is 75.7 Å². The van der Waals surface area contributed by atoms with Crippen molar-refractivity contribution < 1.29 is 9.84 Å². The van der Waals surface area contributed by atoms with Gasteiger partial charge in [-0.1, -0.05) is 18.9 Å². The summed E-state index contributed by atoms with van der Waals surface area (Å²) in [7, 11) is 1.68. The number of aliphatic hydroxyl groups excluding tert-OH is 1. The average Bonchev–Trinajstić information content (AvgIpc) is 3.42. The quantitative estimate of drug-likeness (QED) is 0.422. The molecule has 2 saturated carbocycles. The molecule has 3 fully saturated rings. The number of hydrogen-bond acceptors (Lipinski definition) is 7. The zero-order chi connectivity index (χ0) is 24.7. The Balaban J connectivity index is 1.27. The van der Waals surface area contributed by atoms with Crippen LogP contribution in [0.3, 0.4) is 0 Å². The topological polar surface area (TPSA) is 82.5 Å². The Morgan fingerprint density at radius 1 is 1.00 bits per heavy atom. The van der Waals surface area contributed by atoms with Crippen LogP contribution in [0.15, 0.2) is 30.5 Å². The zero-order valence-corrected chi connectivity index (χ0v) is 21.8. The minimum atomic E-state index is -0.121. The van der Waals surface area contributed by atoms with Crippen LogP contribution in [-0.4, -0.2) is 59.4 Å². The second kappa shape index (κ2) is 12.2. The first-order valence-electron chi connectivity index (χ1n) is 14.1. The van der Waals surface area contributed by atoms with Crippen molar-refractivity contribution in [1.29, 1.82) is 0 Å². The summed E-state index contributed by atoms with van der Waals surface area (Å²) in [4.78, 5) is 12.4. The first kappa shape index (κ1) is 25.3. The molecule has 0 amide bonds. The molecule has 3 aliphatic rings. The average molecular weight is 494 g/mol. The molecular formula is C29H43N5O2. The van der Waals surface area contributed by atoms with Crippen molar-refractivity contribution in [2.45, 2.75) is 76.2 Å². The van der Waals surface area contributed by atoms with E-state index in [1.807, 2.05) is 30.5 Å². The van der Waals surface area contributed by atoms with E-state index in [4.69, 9.17) is 14.7 Å². The molecule has 0 unspecified atom stereocenters. The van der Waals surface area contributed by atoms with Gasteiger partial charge in [-0.2, -0.15) is 4.98 Å². The number of aliphatic hydroxyl groups is 1. The van der Waals surface area contributed by atoms with E-state index < -0.39 is 0 Å². The molecule has 2 aliphatic carbocycles. The Labute approximate surface area is 216 Å². The smallest absolute Gasteiger partial charge is 0.229 e. The lowest BCUT2D eigenvalue weighted by molar-refractivity contribution is 0.111. The van der Waals surface area contributed by atoms with Gasteiger partial charge in [-0.3, -0.25) is 0 Å². The van der Waals surface area contributed by atoms with Crippen LogP contribution in [0.2, 0.25) is 0 Å². The number of methoxy groups -OCH3 is 1. The van der Waals surface area contributed by atoms with Crippen molar-refractivity contribution in [3.05, 3.63) is 36.0 Å². The third kappa shape index (κ3) is 6.68. The summed E-state index contributed by atoms with van der Waals surface area (Å²) in [6.45, 7) is 4.52. The molecule has 5 rings (SSSR count). The number of nitrogens with one attached hydrogen (secondary N) is 2. The highest BCUT2D eigenvalue weighted by Crippen LogP contribution is 2.35. The number of aromatic nitrogens is 2. The number of rotatable bonds is 9. The highest BCUT2D eigenvalue weighted by atomic mass is 16.5. The van der Waals surface area contributed by atoms with E-state index in [0.717, 1.165) is 55.4 Å². The van der Waals surface area contributed by atoms with E-state index in [0.29, 0.717) is 17.8 Å². The molecule has 0 atom stereocenters. The van der Waals surface area contributed by atoms with Crippen LogP contribution in [0.25, 0.3) is 0 Å². The van der Waals surface area contributed by atoms with Gasteiger partial charge < -0.3 is 25.4 Å². The number of nitrogens with zero attached hydrogens (tertiary/aromatic N) is 3. The second-order valence-electron chi connectivity index (χ2n) is 11.1. The van der Waals surface area contributed by atoms with Crippen LogP contribution in [0.5, 0.6) is 5.75 Å². The van der Waals surface area contributed by atoms with Gasteiger partial charge >= 0.3 is 0 Å². The predicted octanol–water partition coefficient (Wildman–Crippen LogP) is 5.56. The predicted molar refractivity (Wildman–Crippen MR) is 145 cm³/mol. The van der Waals surface area contributed by atoms with Gasteiger partial charge in [-0.25, -0.2) is 4.98 Å². The zero-order valence-electron chi connectivity index (χ0n) is 21.8. The maximum Gasteiger partial charge on any atom is 0.229 e. The Bertz CT molecular complexity index is 964. The number of hydrogen-bond donors (Lipinski definition) is 3. The highest BCUT2D eigenvalue weighted by Gasteiger charge is 2.27. The summed E-state index contributed by atoms with van der Waals surface area (Å²) >= 11 is 0. The van der Waals surface area contributed by atoms with Gasteiger partial charge in [0.05, 0.1) is 13.2 Å². The van der Waals surface area contributed by atoms with Crippen LogP contribution < -0.4 is 15.4 Å². The van der Waals surface area contributed by atoms with Crippen molar-refractivity contribution in [2.75, 3.05) is 43.9 Å². The summed E-state index contributed by atoms with van der Waals surface area (Å²) in [5.41, 5.74) is 2.16. The summed E-state index contributed by atoms with van der Waals surface area (Å²) in [6.07, 6.45) is 13.9. The van der Waals surface area contributed by atoms with Crippen LogP contribution in [0.4, 0.5) is 17.5 Å². The van der Waals surface area contributed by atoms with Gasteiger partial charge in [0.25, 0.3) is 0 Å². The third-order valence-corrected chi connectivity index (χ3v) is 8.54. The molecular weight excluding hydrogens is 450 g/mol. The first-order chi connectivity index (χ1) is 17.7. The van der Waals surface area contributed by atoms with Gasteiger partial charge in [0.2, 0.25) is 5.95 Å². The summed E-state index contributed by atoms with van der Waals surface area (Å²) < 4.78 is 5.36. The maximum atomic E-state index is 9.89. The molecule has 0 spiro atoms. The minimum absolute atomic E-state index is 0.121. The number of likely N-dealkylation sites (tertiary alicyclic amines) is 1. The van der Waals surface area contributed by atoms with Gasteiger partial charge in [-0.05, 0) is 94.3 Å². The molecule has 36 heavy (non-hydrogen) atoms. The molecule has 1 aromatic heterocycles. The number of piperidine rings is 1. The van der Waals surface area contributed by atoms with E-state index in [2.05, 4.69) is 15.5 Å². The molecule has 0 radical (unpaired) electrons. The van der Waals surface area contributed by atoms with E-state index in [9.17, 15) is 5.11 Å². The Morgan fingerprint density at radius 2 is 1.78 bits per heavy atom. The fourth-order valence-electron chi connectivity index (χ4n) is 6.30. The molecule has 7 heteroatoms. The lowest BCUT2D eigenvalue weighted by Gasteiger charge is -2.34. The summed E-state index contributed by atoms with van der Waals surface area (Å²) in [5.74, 6) is 4.37. The fraction of sp³-hybridized carbons (Fsp3) is 0.655. The number of ether oxygens (including phenoxy) is 1. The molecule has 2 aromatic rings. The maximum absolute atomic E-state index is 9.89. The molecule has 1 aliphatic heterocycles. The SMILES string of the molecule is COc1cccc(Nc2ncc(C3CCN(CC4CCCC4)CC3)c(NCC3CCC(O)CC3)n2)c1. The van der Waals surface area contributed by atoms with Crippen molar-refractivity contribution in [2.24, 2.45) is 11.8 Å². The van der Waals surface area contributed by atoms with Crippen molar-refractivity contribution in [1.82, 2.24) is 14.9 Å². The third-order valence-electron chi connectivity index (χ3n) is 8.54. The minimum Gasteiger partial charge on any atom is -0.497 e. The molecule has 196 valence electrons. The molecule has 1 saturated heterocycles. The summed E-state index contributed by atoms with van der Waals surface area (Å²) in [5, 5.41) is 16.9. The van der Waals surface area contributed by atoms with Crippen molar-refractivity contribution in [3.63, 3.8) is 0 Å². The normalized spacial score (nSPS) is 24.1. The van der Waals surface area contributed by atoms with Crippen LogP contribution >= 0.6 is 0 Å². The monoisotopic (exact) mass is 493 g/mol. The van der Waals surface area contributed by atoms with Crippen LogP contribution in [-0.2, 0) is 0 Å². The van der Waals surface area contributed by atoms with Gasteiger partial charge in [0.1, 0.15) is 11.6 Å². The second-order valence-corrected chi connectivity index (χ2v) is 11.1. The summed E-state index contributed by atoms with van der Waals surface area (Å²) in [6, 6.07) is 7.85. The Morgan fingerprint density at radius 3 is 2.53 bits per heavy atom. The molecule has 0 bridgehead atoms. The van der Waals surface area contributed by atoms with E-state index >= 15 is 0 Å². The Kier molecular flexibility index (Phi) is 8.59. The Hall–Kier alpha value is -2.38. The van der Waals surface area contributed by atoms with E-state index in [-0.39, 0.29) is 6.10 Å². The van der Waals surface area contributed by atoms with E-state index in [1.165, 1.54) is 63.7 Å². The lowest BCUT2D eigenvalue weighted by Crippen LogP contribution is -2.36. The van der Waals surface area contributed by atoms with Crippen LogP contribution in [0, 0.1) is 11.8 Å². The molecule has 2 heterocycles. The van der Waals surface area contributed by atoms with Crippen molar-refractivity contribution in [3.8, 4) is 5.75 Å². The number of benzene rings is 1. The lowest BCUT2D eigenvalue weighted by atomic mass is 9.87. The highest BCUT2D eigenvalue weighted by molar-refractivity contribution is 5.58. The fourth-order valence-corrected chi connectivity index (χ4v) is 6.30. The van der Waals surface area contributed by atoms with Gasteiger partial charge in [0, 0.05) is 36.6 Å². The van der Waals surface area contributed by atoms with Crippen molar-refractivity contribution >= 4 is 17.5 Å².